The molecule has 0 aromatic heterocycles. The van der Waals surface area contributed by atoms with Crippen molar-refractivity contribution in [2.75, 3.05) is 20.2 Å². The highest BCUT2D eigenvalue weighted by atomic mass is 35.5. The van der Waals surface area contributed by atoms with Crippen molar-refractivity contribution in [2.24, 2.45) is 0 Å². The van der Waals surface area contributed by atoms with E-state index >= 15 is 0 Å². The summed E-state index contributed by atoms with van der Waals surface area (Å²) in [6.07, 6.45) is 0. The number of methoxy groups -OCH3 is 1. The molecule has 19 heavy (non-hydrogen) atoms. The lowest BCUT2D eigenvalue weighted by molar-refractivity contribution is 0.0602. The van der Waals surface area contributed by atoms with Crippen molar-refractivity contribution in [1.29, 1.82) is 0 Å². The fraction of sp³-hybridized carbons (Fsp3) is 0.500. The maximum Gasteiger partial charge on any atom is 0.254 e. The third-order valence-corrected chi connectivity index (χ3v) is 3.61. The molecule has 1 fully saturated rings. The van der Waals surface area contributed by atoms with Crippen LogP contribution in [0.15, 0.2) is 24.3 Å². The Balaban J connectivity index is 0.00000180. The van der Waals surface area contributed by atoms with Crippen LogP contribution in [0, 0.1) is 0 Å². The zero-order valence-corrected chi connectivity index (χ0v) is 12.4. The largest absolute Gasteiger partial charge is 0.497 e. The van der Waals surface area contributed by atoms with Crippen LogP contribution in [0.5, 0.6) is 5.75 Å². The Labute approximate surface area is 120 Å². The van der Waals surface area contributed by atoms with E-state index in [9.17, 15) is 4.79 Å². The Bertz CT molecular complexity index is 439. The minimum absolute atomic E-state index is 0. The van der Waals surface area contributed by atoms with Gasteiger partial charge in [0, 0.05) is 30.7 Å². The van der Waals surface area contributed by atoms with Crippen LogP contribution in [0.1, 0.15) is 24.2 Å². The maximum atomic E-state index is 12.5. The molecule has 1 aromatic rings. The summed E-state index contributed by atoms with van der Waals surface area (Å²) in [6, 6.07) is 7.86. The summed E-state index contributed by atoms with van der Waals surface area (Å²) in [5.74, 6) is 0.798. The molecule has 106 valence electrons. The molecule has 1 saturated heterocycles. The number of nitrogens with zero attached hydrogens (tertiary/aromatic N) is 1. The molecule has 4 nitrogen and oxygen atoms in total. The standard InChI is InChI=1S/C14H20N2O2.ClH/c1-10-11(2)16(8-7-15-10)14(17)12-5-4-6-13(9-12)18-3;/h4-6,9-11,15H,7-8H2,1-3H3;1H. The normalized spacial score (nSPS) is 22.6. The van der Waals surface area contributed by atoms with Gasteiger partial charge in [-0.15, -0.1) is 12.4 Å². The molecule has 0 bridgehead atoms. The molecular formula is C14H21ClN2O2. The number of amides is 1. The third-order valence-electron chi connectivity index (χ3n) is 3.61. The molecule has 1 aliphatic heterocycles. The summed E-state index contributed by atoms with van der Waals surface area (Å²) in [4.78, 5) is 14.4. The van der Waals surface area contributed by atoms with Gasteiger partial charge in [0.05, 0.1) is 7.11 Å². The number of nitrogens with one attached hydrogen (secondary N) is 1. The smallest absolute Gasteiger partial charge is 0.254 e. The molecule has 1 N–H and O–H groups in total. The number of rotatable bonds is 2. The zero-order chi connectivity index (χ0) is 13.1. The van der Waals surface area contributed by atoms with Crippen LogP contribution in [-0.4, -0.2) is 43.1 Å². The summed E-state index contributed by atoms with van der Waals surface area (Å²) in [6.45, 7) is 5.79. The van der Waals surface area contributed by atoms with E-state index in [0.717, 1.165) is 18.8 Å². The lowest BCUT2D eigenvalue weighted by atomic mass is 10.1. The minimum atomic E-state index is 0. The average Bonchev–Trinajstić information content (AvgIpc) is 2.41. The van der Waals surface area contributed by atoms with Crippen LogP contribution in [0.25, 0.3) is 0 Å². The van der Waals surface area contributed by atoms with Gasteiger partial charge >= 0.3 is 0 Å². The molecule has 0 aliphatic carbocycles. The Morgan fingerprint density at radius 1 is 1.42 bits per heavy atom. The van der Waals surface area contributed by atoms with Gasteiger partial charge in [-0.25, -0.2) is 0 Å². The molecule has 1 heterocycles. The number of ether oxygens (including phenoxy) is 1. The van der Waals surface area contributed by atoms with Gasteiger partial charge < -0.3 is 15.0 Å². The molecule has 1 aromatic carbocycles. The molecule has 0 spiro atoms. The average molecular weight is 285 g/mol. The minimum Gasteiger partial charge on any atom is -0.497 e. The molecule has 1 aliphatic rings. The van der Waals surface area contributed by atoms with Gasteiger partial charge in [-0.3, -0.25) is 4.79 Å². The Kier molecular flexibility index (Phi) is 5.63. The van der Waals surface area contributed by atoms with E-state index in [1.807, 2.05) is 23.1 Å². The highest BCUT2D eigenvalue weighted by Gasteiger charge is 2.28. The number of carbonyl (C=O) groups is 1. The SMILES string of the molecule is COc1cccc(C(=O)N2CCNC(C)C2C)c1.Cl. The van der Waals surface area contributed by atoms with E-state index in [-0.39, 0.29) is 24.4 Å². The number of hydrogen-bond acceptors (Lipinski definition) is 3. The van der Waals surface area contributed by atoms with Crippen molar-refractivity contribution in [2.45, 2.75) is 25.9 Å². The van der Waals surface area contributed by atoms with Crippen LogP contribution >= 0.6 is 12.4 Å². The Hall–Kier alpha value is -1.26. The Morgan fingerprint density at radius 3 is 2.84 bits per heavy atom. The highest BCUT2D eigenvalue weighted by molar-refractivity contribution is 5.95. The van der Waals surface area contributed by atoms with Crippen LogP contribution < -0.4 is 10.1 Å². The fourth-order valence-corrected chi connectivity index (χ4v) is 2.27. The predicted molar refractivity (Wildman–Crippen MR) is 78.2 cm³/mol. The summed E-state index contributed by atoms with van der Waals surface area (Å²) in [5, 5.41) is 3.37. The predicted octanol–water partition coefficient (Wildman–Crippen LogP) is 1.94. The van der Waals surface area contributed by atoms with Gasteiger partial charge in [-0.1, -0.05) is 6.07 Å². The Morgan fingerprint density at radius 2 is 2.16 bits per heavy atom. The first-order valence-electron chi connectivity index (χ1n) is 6.32. The van der Waals surface area contributed by atoms with Crippen LogP contribution in [0.3, 0.4) is 0 Å². The van der Waals surface area contributed by atoms with Crippen molar-refractivity contribution >= 4 is 18.3 Å². The number of piperazine rings is 1. The van der Waals surface area contributed by atoms with E-state index in [4.69, 9.17) is 4.74 Å². The summed E-state index contributed by atoms with van der Waals surface area (Å²) in [7, 11) is 1.61. The van der Waals surface area contributed by atoms with E-state index in [0.29, 0.717) is 11.6 Å². The van der Waals surface area contributed by atoms with E-state index in [1.54, 1.807) is 13.2 Å². The quantitative estimate of drug-likeness (QED) is 0.902. The van der Waals surface area contributed by atoms with Crippen LogP contribution in [0.2, 0.25) is 0 Å². The van der Waals surface area contributed by atoms with Gasteiger partial charge in [0.25, 0.3) is 5.91 Å². The molecule has 1 amide bonds. The number of benzene rings is 1. The lowest BCUT2D eigenvalue weighted by Gasteiger charge is -2.38. The first-order valence-corrected chi connectivity index (χ1v) is 6.32. The molecular weight excluding hydrogens is 264 g/mol. The van der Waals surface area contributed by atoms with E-state index in [2.05, 4.69) is 19.2 Å². The van der Waals surface area contributed by atoms with Crippen LogP contribution in [-0.2, 0) is 0 Å². The van der Waals surface area contributed by atoms with E-state index in [1.165, 1.54) is 0 Å². The second-order valence-corrected chi connectivity index (χ2v) is 4.71. The number of carbonyl (C=O) groups excluding carboxylic acids is 1. The molecule has 0 radical (unpaired) electrons. The molecule has 2 atom stereocenters. The highest BCUT2D eigenvalue weighted by Crippen LogP contribution is 2.17. The van der Waals surface area contributed by atoms with Crippen molar-refractivity contribution in [3.05, 3.63) is 29.8 Å². The van der Waals surface area contributed by atoms with Gasteiger partial charge in [0.1, 0.15) is 5.75 Å². The zero-order valence-electron chi connectivity index (χ0n) is 11.6. The van der Waals surface area contributed by atoms with Crippen LogP contribution in [0.4, 0.5) is 0 Å². The van der Waals surface area contributed by atoms with Gasteiger partial charge in [0.2, 0.25) is 0 Å². The van der Waals surface area contributed by atoms with Gasteiger partial charge in [0.15, 0.2) is 0 Å². The first kappa shape index (κ1) is 15.8. The van der Waals surface area contributed by atoms with Gasteiger partial charge in [-0.2, -0.15) is 0 Å². The second kappa shape index (κ2) is 6.78. The van der Waals surface area contributed by atoms with Crippen molar-refractivity contribution in [1.82, 2.24) is 10.2 Å². The number of halogens is 1. The molecule has 2 unspecified atom stereocenters. The second-order valence-electron chi connectivity index (χ2n) is 4.71. The monoisotopic (exact) mass is 284 g/mol. The molecule has 5 heteroatoms. The fourth-order valence-electron chi connectivity index (χ4n) is 2.27. The lowest BCUT2D eigenvalue weighted by Crippen LogP contribution is -2.57. The topological polar surface area (TPSA) is 41.6 Å². The third kappa shape index (κ3) is 3.39. The van der Waals surface area contributed by atoms with E-state index < -0.39 is 0 Å². The van der Waals surface area contributed by atoms with Crippen molar-refractivity contribution in [3.63, 3.8) is 0 Å². The summed E-state index contributed by atoms with van der Waals surface area (Å²) < 4.78 is 5.16. The maximum absolute atomic E-state index is 12.5. The van der Waals surface area contributed by atoms with Crippen molar-refractivity contribution in [3.8, 4) is 5.75 Å². The van der Waals surface area contributed by atoms with Gasteiger partial charge in [-0.05, 0) is 32.0 Å². The van der Waals surface area contributed by atoms with Crippen molar-refractivity contribution < 1.29 is 9.53 Å². The molecule has 0 saturated carbocycles. The number of hydrogen-bond donors (Lipinski definition) is 1. The first-order chi connectivity index (χ1) is 8.63. The summed E-state index contributed by atoms with van der Waals surface area (Å²) >= 11 is 0. The molecule has 2 rings (SSSR count). The summed E-state index contributed by atoms with van der Waals surface area (Å²) in [5.41, 5.74) is 0.690.